The van der Waals surface area contributed by atoms with Crippen molar-refractivity contribution < 1.29 is 17.9 Å². The lowest BCUT2D eigenvalue weighted by atomic mass is 10.2. The van der Waals surface area contributed by atoms with Gasteiger partial charge in [-0.3, -0.25) is 4.79 Å². The smallest absolute Gasteiger partial charge is 0.224 e. The highest BCUT2D eigenvalue weighted by Crippen LogP contribution is 2.14. The highest BCUT2D eigenvalue weighted by Gasteiger charge is 2.27. The first-order valence-electron chi connectivity index (χ1n) is 9.14. The van der Waals surface area contributed by atoms with Crippen molar-refractivity contribution in [3.05, 3.63) is 35.9 Å². The Kier molecular flexibility index (Phi) is 6.63. The van der Waals surface area contributed by atoms with Gasteiger partial charge in [0.05, 0.1) is 19.0 Å². The average Bonchev–Trinajstić information content (AvgIpc) is 2.67. The van der Waals surface area contributed by atoms with E-state index in [1.165, 1.54) is 0 Å². The van der Waals surface area contributed by atoms with Crippen LogP contribution in [0.1, 0.15) is 12.0 Å². The SMILES string of the molecule is O=C(CCN1CCN(S(=O)(=O)Cc2ccccc2)CC1)N1CCOCC1. The number of morpholine rings is 1. The maximum absolute atomic E-state index is 12.6. The van der Waals surface area contributed by atoms with Gasteiger partial charge in [-0.05, 0) is 5.56 Å². The summed E-state index contributed by atoms with van der Waals surface area (Å²) in [5, 5.41) is 0. The zero-order chi connectivity index (χ0) is 18.4. The largest absolute Gasteiger partial charge is 0.378 e. The van der Waals surface area contributed by atoms with Gasteiger partial charge in [0.1, 0.15) is 0 Å². The quantitative estimate of drug-likeness (QED) is 0.713. The summed E-state index contributed by atoms with van der Waals surface area (Å²) in [6.07, 6.45) is 0.483. The van der Waals surface area contributed by atoms with Crippen LogP contribution < -0.4 is 0 Å². The zero-order valence-electron chi connectivity index (χ0n) is 15.0. The molecule has 0 atom stereocenters. The minimum Gasteiger partial charge on any atom is -0.378 e. The second kappa shape index (κ2) is 8.94. The molecule has 0 N–H and O–H groups in total. The number of sulfonamides is 1. The van der Waals surface area contributed by atoms with Gasteiger partial charge in [0.25, 0.3) is 0 Å². The molecule has 0 aromatic heterocycles. The summed E-state index contributed by atoms with van der Waals surface area (Å²) in [7, 11) is -3.29. The fourth-order valence-electron chi connectivity index (χ4n) is 3.33. The number of hydrogen-bond acceptors (Lipinski definition) is 5. The molecule has 0 unspecified atom stereocenters. The number of hydrogen-bond donors (Lipinski definition) is 0. The van der Waals surface area contributed by atoms with Crippen LogP contribution in [0.2, 0.25) is 0 Å². The molecule has 0 spiro atoms. The molecule has 0 saturated carbocycles. The van der Waals surface area contributed by atoms with Crippen molar-refractivity contribution in [1.82, 2.24) is 14.1 Å². The third-order valence-corrected chi connectivity index (χ3v) is 6.77. The molecule has 2 aliphatic heterocycles. The molecule has 0 bridgehead atoms. The van der Waals surface area contributed by atoms with E-state index >= 15 is 0 Å². The first kappa shape index (κ1) is 19.3. The van der Waals surface area contributed by atoms with Gasteiger partial charge >= 0.3 is 0 Å². The Morgan fingerprint density at radius 2 is 1.62 bits per heavy atom. The van der Waals surface area contributed by atoms with Crippen LogP contribution >= 0.6 is 0 Å². The van der Waals surface area contributed by atoms with E-state index in [2.05, 4.69) is 4.90 Å². The maximum atomic E-state index is 12.6. The van der Waals surface area contributed by atoms with Crippen molar-refractivity contribution in [3.63, 3.8) is 0 Å². The van der Waals surface area contributed by atoms with Crippen molar-refractivity contribution in [3.8, 4) is 0 Å². The highest BCUT2D eigenvalue weighted by molar-refractivity contribution is 7.88. The molecule has 2 aliphatic rings. The van der Waals surface area contributed by atoms with Crippen molar-refractivity contribution in [2.24, 2.45) is 0 Å². The van der Waals surface area contributed by atoms with Gasteiger partial charge in [0, 0.05) is 52.2 Å². The van der Waals surface area contributed by atoms with Crippen LogP contribution in [0.25, 0.3) is 0 Å². The first-order chi connectivity index (χ1) is 12.5. The average molecular weight is 381 g/mol. The summed E-state index contributed by atoms with van der Waals surface area (Å²) in [4.78, 5) is 16.2. The number of benzene rings is 1. The van der Waals surface area contributed by atoms with Crippen LogP contribution in [0.5, 0.6) is 0 Å². The molecule has 1 aromatic rings. The molecular weight excluding hydrogens is 354 g/mol. The van der Waals surface area contributed by atoms with Crippen molar-refractivity contribution in [2.75, 3.05) is 59.0 Å². The third kappa shape index (κ3) is 5.26. The van der Waals surface area contributed by atoms with Gasteiger partial charge in [-0.1, -0.05) is 30.3 Å². The second-order valence-electron chi connectivity index (χ2n) is 6.73. The summed E-state index contributed by atoms with van der Waals surface area (Å²) in [5.74, 6) is 0.205. The number of rotatable bonds is 6. The minimum absolute atomic E-state index is 0.0450. The molecule has 7 nitrogen and oxygen atoms in total. The molecule has 0 radical (unpaired) electrons. The van der Waals surface area contributed by atoms with E-state index in [0.29, 0.717) is 65.4 Å². The second-order valence-corrected chi connectivity index (χ2v) is 8.69. The van der Waals surface area contributed by atoms with Crippen molar-refractivity contribution in [1.29, 1.82) is 0 Å². The van der Waals surface area contributed by atoms with Gasteiger partial charge in [-0.2, -0.15) is 4.31 Å². The Morgan fingerprint density at radius 1 is 0.962 bits per heavy atom. The fourth-order valence-corrected chi connectivity index (χ4v) is 4.85. The van der Waals surface area contributed by atoms with Gasteiger partial charge in [-0.15, -0.1) is 0 Å². The van der Waals surface area contributed by atoms with Crippen LogP contribution in [0, 0.1) is 0 Å². The number of ether oxygens (including phenoxy) is 1. The minimum atomic E-state index is -3.29. The van der Waals surface area contributed by atoms with Crippen LogP contribution in [0.15, 0.2) is 30.3 Å². The number of carbonyl (C=O) groups is 1. The Morgan fingerprint density at radius 3 is 2.27 bits per heavy atom. The summed E-state index contributed by atoms with van der Waals surface area (Å²) >= 11 is 0. The summed E-state index contributed by atoms with van der Waals surface area (Å²) in [6, 6.07) is 9.27. The molecule has 8 heteroatoms. The molecule has 144 valence electrons. The molecule has 0 aliphatic carbocycles. The molecule has 2 fully saturated rings. The van der Waals surface area contributed by atoms with E-state index in [9.17, 15) is 13.2 Å². The summed E-state index contributed by atoms with van der Waals surface area (Å²) < 4.78 is 32.0. The lowest BCUT2D eigenvalue weighted by Gasteiger charge is -2.34. The fraction of sp³-hybridized carbons (Fsp3) is 0.611. The van der Waals surface area contributed by atoms with Gasteiger partial charge in [0.15, 0.2) is 0 Å². The van der Waals surface area contributed by atoms with E-state index in [0.717, 1.165) is 5.56 Å². The topological polar surface area (TPSA) is 70.2 Å². The van der Waals surface area contributed by atoms with Crippen LogP contribution in [-0.2, 0) is 25.3 Å². The molecule has 1 aromatic carbocycles. The maximum Gasteiger partial charge on any atom is 0.224 e. The third-order valence-electron chi connectivity index (χ3n) is 4.92. The van der Waals surface area contributed by atoms with E-state index < -0.39 is 10.0 Å². The van der Waals surface area contributed by atoms with Crippen LogP contribution in [0.4, 0.5) is 0 Å². The Labute approximate surface area is 155 Å². The van der Waals surface area contributed by atoms with Gasteiger partial charge < -0.3 is 14.5 Å². The van der Waals surface area contributed by atoms with E-state index in [-0.39, 0.29) is 11.7 Å². The van der Waals surface area contributed by atoms with E-state index in [1.54, 1.807) is 4.31 Å². The Balaban J connectivity index is 1.43. The Bertz CT molecular complexity index is 682. The van der Waals surface area contributed by atoms with E-state index in [1.807, 2.05) is 35.2 Å². The van der Waals surface area contributed by atoms with Crippen LogP contribution in [-0.4, -0.2) is 87.5 Å². The van der Waals surface area contributed by atoms with Crippen molar-refractivity contribution in [2.45, 2.75) is 12.2 Å². The first-order valence-corrected chi connectivity index (χ1v) is 10.8. The zero-order valence-corrected chi connectivity index (χ0v) is 15.9. The summed E-state index contributed by atoms with van der Waals surface area (Å²) in [6.45, 7) is 5.57. The molecule has 2 saturated heterocycles. The predicted octanol–water partition coefficient (Wildman–Crippen LogP) is 0.383. The highest BCUT2D eigenvalue weighted by atomic mass is 32.2. The Hall–Kier alpha value is -1.48. The lowest BCUT2D eigenvalue weighted by Crippen LogP contribution is -2.50. The lowest BCUT2D eigenvalue weighted by molar-refractivity contribution is -0.135. The number of amides is 1. The number of piperazine rings is 1. The summed E-state index contributed by atoms with van der Waals surface area (Å²) in [5.41, 5.74) is 0.811. The number of carbonyl (C=O) groups excluding carboxylic acids is 1. The van der Waals surface area contributed by atoms with E-state index in [4.69, 9.17) is 4.74 Å². The number of nitrogens with zero attached hydrogens (tertiary/aromatic N) is 3. The molecule has 3 rings (SSSR count). The molecule has 26 heavy (non-hydrogen) atoms. The van der Waals surface area contributed by atoms with Gasteiger partial charge in [-0.25, -0.2) is 8.42 Å². The monoisotopic (exact) mass is 381 g/mol. The van der Waals surface area contributed by atoms with Crippen LogP contribution in [0.3, 0.4) is 0 Å². The molecular formula is C18H27N3O4S. The molecule has 2 heterocycles. The van der Waals surface area contributed by atoms with Crippen molar-refractivity contribution >= 4 is 15.9 Å². The normalized spacial score (nSPS) is 20.2. The predicted molar refractivity (Wildman–Crippen MR) is 99.1 cm³/mol. The van der Waals surface area contributed by atoms with Gasteiger partial charge in [0.2, 0.25) is 15.9 Å². The standard InChI is InChI=1S/C18H27N3O4S/c22-18(20-12-14-25-15-13-20)6-7-19-8-10-21(11-9-19)26(23,24)16-17-4-2-1-3-5-17/h1-5H,6-16H2. The molecule has 1 amide bonds.